The van der Waals surface area contributed by atoms with E-state index in [0.717, 1.165) is 24.2 Å². The summed E-state index contributed by atoms with van der Waals surface area (Å²) >= 11 is 0. The van der Waals surface area contributed by atoms with Crippen LogP contribution in [0.4, 0.5) is 13.2 Å². The minimum absolute atomic E-state index is 0.494. The predicted octanol–water partition coefficient (Wildman–Crippen LogP) is 4.78. The second-order valence-electron chi connectivity index (χ2n) is 5.65. The number of nitrogens with zero attached hydrogens (tertiary/aromatic N) is 1. The van der Waals surface area contributed by atoms with Crippen molar-refractivity contribution >= 4 is 11.8 Å². The van der Waals surface area contributed by atoms with Crippen LogP contribution in [0, 0.1) is 0 Å². The lowest BCUT2D eigenvalue weighted by atomic mass is 10.1. The molecule has 0 aliphatic carbocycles. The highest BCUT2D eigenvalue weighted by Gasteiger charge is 2.29. The highest BCUT2D eigenvalue weighted by atomic mass is 19.4. The van der Waals surface area contributed by atoms with Crippen LogP contribution in [0.2, 0.25) is 0 Å². The average molecular weight is 335 g/mol. The molecule has 128 valence electrons. The van der Waals surface area contributed by atoms with Crippen LogP contribution in [-0.2, 0) is 10.9 Å². The standard InChI is InChI=1S/C19H20F3NO/c1-23(2)12-13-24-18(16-6-4-3-5-7-16)14-15-8-10-17(11-9-15)19(20,21)22/h3-11,14H,12-13H2,1-2H3/b18-14+. The van der Waals surface area contributed by atoms with Crippen molar-refractivity contribution in [2.45, 2.75) is 6.18 Å². The van der Waals surface area contributed by atoms with Crippen molar-refractivity contribution in [1.82, 2.24) is 4.90 Å². The van der Waals surface area contributed by atoms with Crippen molar-refractivity contribution in [3.63, 3.8) is 0 Å². The molecule has 0 atom stereocenters. The molecule has 0 radical (unpaired) electrons. The predicted molar refractivity (Wildman–Crippen MR) is 90.3 cm³/mol. The lowest BCUT2D eigenvalue weighted by Gasteiger charge is -2.14. The van der Waals surface area contributed by atoms with Crippen LogP contribution in [-0.4, -0.2) is 32.1 Å². The lowest BCUT2D eigenvalue weighted by Crippen LogP contribution is -2.17. The summed E-state index contributed by atoms with van der Waals surface area (Å²) in [5, 5.41) is 0. The molecule has 5 heteroatoms. The number of benzene rings is 2. The molecule has 2 aromatic rings. The third-order valence-corrected chi connectivity index (χ3v) is 3.39. The summed E-state index contributed by atoms with van der Waals surface area (Å²) in [6.07, 6.45) is -2.57. The SMILES string of the molecule is CN(C)CCO/C(=C/c1ccc(C(F)(F)F)cc1)c1ccccc1. The number of ether oxygens (including phenoxy) is 1. The molecule has 0 aliphatic rings. The molecule has 0 N–H and O–H groups in total. The molecule has 0 aromatic heterocycles. The van der Waals surface area contributed by atoms with E-state index in [2.05, 4.69) is 0 Å². The van der Waals surface area contributed by atoms with E-state index in [-0.39, 0.29) is 0 Å². The Labute approximate surface area is 140 Å². The zero-order valence-electron chi connectivity index (χ0n) is 13.7. The first kappa shape index (κ1) is 18.1. The van der Waals surface area contributed by atoms with Crippen LogP contribution in [0.3, 0.4) is 0 Å². The largest absolute Gasteiger partial charge is 0.492 e. The summed E-state index contributed by atoms with van der Waals surface area (Å²) in [6.45, 7) is 1.24. The van der Waals surface area contributed by atoms with Gasteiger partial charge in [-0.05, 0) is 37.9 Å². The first-order valence-corrected chi connectivity index (χ1v) is 7.58. The van der Waals surface area contributed by atoms with Gasteiger partial charge in [-0.25, -0.2) is 0 Å². The Balaban J connectivity index is 2.23. The number of alkyl halides is 3. The number of likely N-dealkylation sites (N-methyl/N-ethyl adjacent to an activating group) is 1. The minimum Gasteiger partial charge on any atom is -0.492 e. The van der Waals surface area contributed by atoms with Crippen molar-refractivity contribution in [3.8, 4) is 0 Å². The minimum atomic E-state index is -4.33. The van der Waals surface area contributed by atoms with Gasteiger partial charge in [0.15, 0.2) is 0 Å². The van der Waals surface area contributed by atoms with Crippen LogP contribution in [0.25, 0.3) is 11.8 Å². The number of halogens is 3. The third-order valence-electron chi connectivity index (χ3n) is 3.39. The highest BCUT2D eigenvalue weighted by Crippen LogP contribution is 2.29. The number of rotatable bonds is 6. The first-order chi connectivity index (χ1) is 11.4. The molecule has 2 rings (SSSR count). The molecule has 0 saturated carbocycles. The van der Waals surface area contributed by atoms with E-state index in [1.54, 1.807) is 6.08 Å². The lowest BCUT2D eigenvalue weighted by molar-refractivity contribution is -0.137. The fourth-order valence-electron chi connectivity index (χ4n) is 2.07. The van der Waals surface area contributed by atoms with Crippen molar-refractivity contribution < 1.29 is 17.9 Å². The summed E-state index contributed by atoms with van der Waals surface area (Å²) in [7, 11) is 3.90. The van der Waals surface area contributed by atoms with Gasteiger partial charge in [0.1, 0.15) is 12.4 Å². The molecule has 0 bridgehead atoms. The zero-order chi connectivity index (χ0) is 17.6. The molecular formula is C19H20F3NO. The summed E-state index contributed by atoms with van der Waals surface area (Å²) in [5.74, 6) is 0.636. The summed E-state index contributed by atoms with van der Waals surface area (Å²) in [5.41, 5.74) is 0.886. The van der Waals surface area contributed by atoms with E-state index in [9.17, 15) is 13.2 Å². The van der Waals surface area contributed by atoms with Gasteiger partial charge in [-0.3, -0.25) is 0 Å². The van der Waals surface area contributed by atoms with Gasteiger partial charge in [-0.15, -0.1) is 0 Å². The van der Waals surface area contributed by atoms with Crippen LogP contribution in [0.5, 0.6) is 0 Å². The van der Waals surface area contributed by atoms with E-state index in [1.807, 2.05) is 49.3 Å². The molecule has 0 amide bonds. The Hall–Kier alpha value is -2.27. The summed E-state index contributed by atoms with van der Waals surface area (Å²) < 4.78 is 43.8. The van der Waals surface area contributed by atoms with Gasteiger partial charge in [-0.1, -0.05) is 42.5 Å². The van der Waals surface area contributed by atoms with E-state index < -0.39 is 11.7 Å². The molecule has 0 aliphatic heterocycles. The highest BCUT2D eigenvalue weighted by molar-refractivity contribution is 5.77. The molecule has 0 saturated heterocycles. The Morgan fingerprint density at radius 3 is 2.17 bits per heavy atom. The molecular weight excluding hydrogens is 315 g/mol. The van der Waals surface area contributed by atoms with Crippen molar-refractivity contribution in [2.24, 2.45) is 0 Å². The first-order valence-electron chi connectivity index (χ1n) is 7.58. The normalized spacial score (nSPS) is 12.5. The van der Waals surface area contributed by atoms with Gasteiger partial charge in [0.25, 0.3) is 0 Å². The molecule has 0 fully saturated rings. The second kappa shape index (κ2) is 8.02. The fourth-order valence-corrected chi connectivity index (χ4v) is 2.07. The molecule has 0 heterocycles. The maximum Gasteiger partial charge on any atom is 0.416 e. The van der Waals surface area contributed by atoms with Gasteiger partial charge < -0.3 is 9.64 Å². The maximum absolute atomic E-state index is 12.6. The van der Waals surface area contributed by atoms with E-state index in [1.165, 1.54) is 12.1 Å². The van der Waals surface area contributed by atoms with Gasteiger partial charge in [-0.2, -0.15) is 13.2 Å². The summed E-state index contributed by atoms with van der Waals surface area (Å²) in [6, 6.07) is 14.6. The Bertz CT molecular complexity index is 661. The zero-order valence-corrected chi connectivity index (χ0v) is 13.7. The van der Waals surface area contributed by atoms with Crippen LogP contribution in [0.1, 0.15) is 16.7 Å². The van der Waals surface area contributed by atoms with Gasteiger partial charge in [0, 0.05) is 12.1 Å². The number of hydrogen-bond acceptors (Lipinski definition) is 2. The molecule has 0 spiro atoms. The second-order valence-corrected chi connectivity index (χ2v) is 5.65. The quantitative estimate of drug-likeness (QED) is 0.556. The van der Waals surface area contributed by atoms with Crippen molar-refractivity contribution in [3.05, 3.63) is 71.3 Å². The van der Waals surface area contributed by atoms with E-state index >= 15 is 0 Å². The molecule has 2 nitrogen and oxygen atoms in total. The number of hydrogen-bond donors (Lipinski definition) is 0. The fraction of sp³-hybridized carbons (Fsp3) is 0.263. The Kier molecular flexibility index (Phi) is 6.04. The molecule has 24 heavy (non-hydrogen) atoms. The third kappa shape index (κ3) is 5.42. The average Bonchev–Trinajstić information content (AvgIpc) is 2.54. The smallest absolute Gasteiger partial charge is 0.416 e. The Morgan fingerprint density at radius 2 is 1.62 bits per heavy atom. The molecule has 2 aromatic carbocycles. The van der Waals surface area contributed by atoms with Crippen LogP contribution < -0.4 is 0 Å². The van der Waals surface area contributed by atoms with Crippen molar-refractivity contribution in [1.29, 1.82) is 0 Å². The van der Waals surface area contributed by atoms with Crippen LogP contribution >= 0.6 is 0 Å². The summed E-state index contributed by atoms with van der Waals surface area (Å²) in [4.78, 5) is 2.00. The van der Waals surface area contributed by atoms with Gasteiger partial charge in [0.2, 0.25) is 0 Å². The van der Waals surface area contributed by atoms with Gasteiger partial charge in [0.05, 0.1) is 5.56 Å². The van der Waals surface area contributed by atoms with Gasteiger partial charge >= 0.3 is 6.18 Å². The topological polar surface area (TPSA) is 12.5 Å². The van der Waals surface area contributed by atoms with E-state index in [0.29, 0.717) is 17.9 Å². The molecule has 0 unspecified atom stereocenters. The maximum atomic E-state index is 12.6. The Morgan fingerprint density at radius 1 is 1.00 bits per heavy atom. The van der Waals surface area contributed by atoms with Crippen LogP contribution in [0.15, 0.2) is 54.6 Å². The monoisotopic (exact) mass is 335 g/mol. The van der Waals surface area contributed by atoms with E-state index in [4.69, 9.17) is 4.74 Å². The van der Waals surface area contributed by atoms with Crippen molar-refractivity contribution in [2.75, 3.05) is 27.2 Å².